The second-order valence-electron chi connectivity index (χ2n) is 22.0. The van der Waals surface area contributed by atoms with Crippen LogP contribution in [0.4, 0.5) is 0 Å². The van der Waals surface area contributed by atoms with Gasteiger partial charge in [0.2, 0.25) is 21.8 Å². The lowest BCUT2D eigenvalue weighted by molar-refractivity contribution is -0.127. The Morgan fingerprint density at radius 3 is 1.21 bits per heavy atom. The first kappa shape index (κ1) is 57.1. The molecule has 2 aliphatic heterocycles. The van der Waals surface area contributed by atoms with Crippen LogP contribution in [0.3, 0.4) is 0 Å². The zero-order chi connectivity index (χ0) is 56.5. The van der Waals surface area contributed by atoms with E-state index in [0.717, 1.165) is 99.3 Å². The number of nitrogens with zero attached hydrogens (tertiary/aromatic N) is 2. The van der Waals surface area contributed by atoms with Gasteiger partial charge in [-0.1, -0.05) is 170 Å². The Morgan fingerprint density at radius 1 is 0.427 bits per heavy atom. The molecule has 0 saturated carbocycles. The molecule has 2 aliphatic rings. The van der Waals surface area contributed by atoms with Gasteiger partial charge in [0.15, 0.2) is 0 Å². The van der Waals surface area contributed by atoms with Crippen LogP contribution in [-0.4, -0.2) is 59.5 Å². The summed E-state index contributed by atoms with van der Waals surface area (Å²) in [6, 6.07) is 68.6. The molecule has 0 spiro atoms. The number of aryl methyl sites for hydroxylation is 4. The van der Waals surface area contributed by atoms with Crippen LogP contribution >= 0.6 is 0 Å². The van der Waals surface area contributed by atoms with Crippen LogP contribution < -0.4 is 15.4 Å². The summed E-state index contributed by atoms with van der Waals surface area (Å²) in [4.78, 5) is 45.5. The van der Waals surface area contributed by atoms with Crippen molar-refractivity contribution in [3.05, 3.63) is 268 Å². The minimum atomic E-state index is -4.18. The highest BCUT2D eigenvalue weighted by atomic mass is 32.2. The Hall–Kier alpha value is -8.12. The standard InChI is InChI=1S/C71H74N4O6S/c76-69(72-62(37-17-29-53-21-5-1-6-22-53)38-18-30-54-23-7-2-8-24-54)67-49-58-33-13-15-35-60(58)51-74(67)71(78)57-41-43-64(44-42-57)81-65-45-47-66(48-46-65)82(79,80)75-52-61-36-16-14-34-59(61)50-68(75)70(77)73-63(39-19-31-55-25-9-3-10-26-55)40-20-32-56-27-11-4-12-28-56/h1-16,21-28,33-36,41-48,62-63,67-68H,17-20,29-32,37-40,49-52H2,(H,72,76)(H,73,77)/t67?,68-/m0/s1. The van der Waals surface area contributed by atoms with Crippen molar-refractivity contribution in [3.63, 3.8) is 0 Å². The predicted molar refractivity (Wildman–Crippen MR) is 325 cm³/mol. The molecular weight excluding hydrogens is 1040 g/mol. The molecule has 420 valence electrons. The Kier molecular flexibility index (Phi) is 19.5. The van der Waals surface area contributed by atoms with E-state index < -0.39 is 22.1 Å². The first-order chi connectivity index (χ1) is 40.1. The summed E-state index contributed by atoms with van der Waals surface area (Å²) >= 11 is 0. The number of benzene rings is 8. The molecule has 10 nitrogen and oxygen atoms in total. The van der Waals surface area contributed by atoms with Crippen LogP contribution in [0.25, 0.3) is 0 Å². The van der Waals surface area contributed by atoms with Gasteiger partial charge in [-0.15, -0.1) is 0 Å². The molecule has 8 aromatic carbocycles. The molecule has 2 heterocycles. The molecule has 11 heteroatoms. The van der Waals surface area contributed by atoms with Crippen molar-refractivity contribution < 1.29 is 27.5 Å². The normalized spacial score (nSPS) is 15.1. The van der Waals surface area contributed by atoms with Crippen molar-refractivity contribution in [2.75, 3.05) is 0 Å². The molecule has 10 rings (SSSR count). The van der Waals surface area contributed by atoms with Crippen molar-refractivity contribution >= 4 is 27.7 Å². The second kappa shape index (κ2) is 28.0. The Labute approximate surface area is 484 Å². The van der Waals surface area contributed by atoms with E-state index in [1.165, 1.54) is 38.7 Å². The van der Waals surface area contributed by atoms with E-state index >= 15 is 0 Å². The SMILES string of the molecule is O=C(NC(CCCc1ccccc1)CCCc1ccccc1)C1Cc2ccccc2CN1C(=O)c1ccc(Oc2ccc(S(=O)(=O)N3Cc4ccccc4C[C@H]3C(=O)NC(CCCc3ccccc3)CCCc3ccccc3)cc2)cc1. The maximum atomic E-state index is 14.8. The maximum Gasteiger partial charge on any atom is 0.254 e. The van der Waals surface area contributed by atoms with Gasteiger partial charge in [0.05, 0.1) is 4.90 Å². The molecule has 2 N–H and O–H groups in total. The number of nitrogens with one attached hydrogen (secondary N) is 2. The van der Waals surface area contributed by atoms with Crippen LogP contribution in [-0.2, 0) is 71.2 Å². The van der Waals surface area contributed by atoms with Crippen LogP contribution in [0.15, 0.2) is 223 Å². The van der Waals surface area contributed by atoms with E-state index in [-0.39, 0.29) is 47.7 Å². The number of rotatable bonds is 25. The number of amides is 3. The molecule has 0 radical (unpaired) electrons. The fourth-order valence-electron chi connectivity index (χ4n) is 11.7. The van der Waals surface area contributed by atoms with E-state index in [2.05, 4.69) is 83.4 Å². The van der Waals surface area contributed by atoms with Crippen molar-refractivity contribution in [2.45, 2.75) is 132 Å². The summed E-state index contributed by atoms with van der Waals surface area (Å²) in [5.41, 5.74) is 9.36. The number of fused-ring (bicyclic) bond motifs is 2. The summed E-state index contributed by atoms with van der Waals surface area (Å²) in [6.45, 7) is 0.362. The van der Waals surface area contributed by atoms with Gasteiger partial charge in [-0.2, -0.15) is 4.31 Å². The molecule has 0 aliphatic carbocycles. The van der Waals surface area contributed by atoms with Gasteiger partial charge in [0, 0.05) is 37.2 Å². The van der Waals surface area contributed by atoms with Crippen LogP contribution in [0.1, 0.15) is 106 Å². The highest BCUT2D eigenvalue weighted by Crippen LogP contribution is 2.33. The van der Waals surface area contributed by atoms with Crippen molar-refractivity contribution in [1.29, 1.82) is 0 Å². The molecule has 8 aromatic rings. The topological polar surface area (TPSA) is 125 Å². The van der Waals surface area contributed by atoms with Crippen LogP contribution in [0.5, 0.6) is 11.5 Å². The average Bonchev–Trinajstić information content (AvgIpc) is 3.71. The van der Waals surface area contributed by atoms with Crippen molar-refractivity contribution in [3.8, 4) is 11.5 Å². The van der Waals surface area contributed by atoms with Gasteiger partial charge in [0.25, 0.3) is 5.91 Å². The quantitative estimate of drug-likeness (QED) is 0.0587. The van der Waals surface area contributed by atoms with E-state index in [0.29, 0.717) is 30.0 Å². The van der Waals surface area contributed by atoms with E-state index in [1.807, 2.05) is 97.1 Å². The van der Waals surface area contributed by atoms with Crippen LogP contribution in [0, 0.1) is 0 Å². The third kappa shape index (κ3) is 15.3. The van der Waals surface area contributed by atoms with Gasteiger partial charge in [-0.3, -0.25) is 14.4 Å². The summed E-state index contributed by atoms with van der Waals surface area (Å²) in [5.74, 6) is 0.152. The molecule has 1 unspecified atom stereocenters. The summed E-state index contributed by atoms with van der Waals surface area (Å²) in [6.07, 6.45) is 11.1. The van der Waals surface area contributed by atoms with E-state index in [9.17, 15) is 22.8 Å². The van der Waals surface area contributed by atoms with Gasteiger partial charge in [0.1, 0.15) is 23.6 Å². The monoisotopic (exact) mass is 1110 g/mol. The first-order valence-electron chi connectivity index (χ1n) is 29.2. The molecule has 0 fully saturated rings. The molecule has 3 amide bonds. The summed E-state index contributed by atoms with van der Waals surface area (Å²) in [7, 11) is -4.18. The third-order valence-electron chi connectivity index (χ3n) is 16.2. The van der Waals surface area contributed by atoms with Crippen molar-refractivity contribution in [1.82, 2.24) is 19.8 Å². The fourth-order valence-corrected chi connectivity index (χ4v) is 13.3. The molecule has 82 heavy (non-hydrogen) atoms. The largest absolute Gasteiger partial charge is 0.457 e. The van der Waals surface area contributed by atoms with E-state index in [4.69, 9.17) is 4.74 Å². The van der Waals surface area contributed by atoms with Crippen LogP contribution in [0.2, 0.25) is 0 Å². The molecule has 2 atom stereocenters. The maximum absolute atomic E-state index is 14.8. The van der Waals surface area contributed by atoms with Gasteiger partial charge in [-0.05, 0) is 177 Å². The smallest absolute Gasteiger partial charge is 0.254 e. The molecular formula is C71H74N4O6S. The molecule has 0 aromatic heterocycles. The molecule has 0 bridgehead atoms. The third-order valence-corrected chi connectivity index (χ3v) is 18.1. The Bertz CT molecular complexity index is 3360. The summed E-state index contributed by atoms with van der Waals surface area (Å²) in [5, 5.41) is 6.76. The predicted octanol–water partition coefficient (Wildman–Crippen LogP) is 13.2. The number of carbonyl (C=O) groups is 3. The number of ether oxygens (including phenoxy) is 1. The number of sulfonamides is 1. The number of hydrogen-bond acceptors (Lipinski definition) is 6. The Morgan fingerprint density at radius 2 is 0.780 bits per heavy atom. The average molecular weight is 1110 g/mol. The first-order valence-corrected chi connectivity index (χ1v) is 30.7. The molecule has 0 saturated heterocycles. The van der Waals surface area contributed by atoms with Gasteiger partial charge in [-0.25, -0.2) is 8.42 Å². The minimum Gasteiger partial charge on any atom is -0.457 e. The van der Waals surface area contributed by atoms with Gasteiger partial charge >= 0.3 is 0 Å². The Balaban J connectivity index is 0.801. The second-order valence-corrected chi connectivity index (χ2v) is 23.9. The van der Waals surface area contributed by atoms with E-state index in [1.54, 1.807) is 41.3 Å². The highest BCUT2D eigenvalue weighted by Gasteiger charge is 2.41. The number of hydrogen-bond donors (Lipinski definition) is 2. The minimum absolute atomic E-state index is 0.0487. The lowest BCUT2D eigenvalue weighted by atomic mass is 9.92. The highest BCUT2D eigenvalue weighted by molar-refractivity contribution is 7.89. The van der Waals surface area contributed by atoms with Gasteiger partial charge < -0.3 is 20.3 Å². The lowest BCUT2D eigenvalue weighted by Crippen LogP contribution is -2.54. The summed E-state index contributed by atoms with van der Waals surface area (Å²) < 4.78 is 37.1. The fraction of sp³-hybridized carbons (Fsp3) is 0.282. The zero-order valence-corrected chi connectivity index (χ0v) is 47.5. The zero-order valence-electron chi connectivity index (χ0n) is 46.7. The lowest BCUT2D eigenvalue weighted by Gasteiger charge is -2.37. The number of carbonyl (C=O) groups excluding carboxylic acids is 3. The van der Waals surface area contributed by atoms with Crippen molar-refractivity contribution in [2.24, 2.45) is 0 Å².